The molecule has 2 amide bonds. The molecule has 3 aromatic rings. The summed E-state index contributed by atoms with van der Waals surface area (Å²) in [6.45, 7) is 2.29. The average Bonchev–Trinajstić information content (AvgIpc) is 3.57. The smallest absolute Gasteiger partial charge is 0.396 e. The quantitative estimate of drug-likeness (QED) is 0.395. The highest BCUT2D eigenvalue weighted by Gasteiger charge is 2.44. The molecule has 2 aromatic heterocycles. The molecule has 4 N–H and O–H groups in total. The summed E-state index contributed by atoms with van der Waals surface area (Å²) in [5.74, 6) is -0.864. The molecule has 0 unspecified atom stereocenters. The molecule has 0 bridgehead atoms. The van der Waals surface area contributed by atoms with Crippen LogP contribution in [0.5, 0.6) is 0 Å². The highest BCUT2D eigenvalue weighted by atomic mass is 19.4. The molecule has 1 aliphatic carbocycles. The van der Waals surface area contributed by atoms with Gasteiger partial charge in [0, 0.05) is 37.5 Å². The van der Waals surface area contributed by atoms with Crippen molar-refractivity contribution < 1.29 is 27.9 Å². The topological polar surface area (TPSA) is 126 Å². The Morgan fingerprint density at radius 2 is 2.05 bits per heavy atom. The number of benzene rings is 1. The summed E-state index contributed by atoms with van der Waals surface area (Å²) in [6.07, 6.45) is -0.248. The zero-order chi connectivity index (χ0) is 26.5. The van der Waals surface area contributed by atoms with Crippen LogP contribution in [0.25, 0.3) is 16.9 Å². The second-order valence-electron chi connectivity index (χ2n) is 9.59. The van der Waals surface area contributed by atoms with Crippen molar-refractivity contribution in [3.63, 3.8) is 0 Å². The first-order valence-corrected chi connectivity index (χ1v) is 12.2. The number of carbonyl (C=O) groups excluding carboxylic acids is 2. The lowest BCUT2D eigenvalue weighted by Gasteiger charge is -2.24. The lowest BCUT2D eigenvalue weighted by Crippen LogP contribution is -2.35. The maximum atomic E-state index is 14.1. The van der Waals surface area contributed by atoms with E-state index in [-0.39, 0.29) is 53.0 Å². The van der Waals surface area contributed by atoms with E-state index in [1.165, 1.54) is 21.7 Å². The van der Waals surface area contributed by atoms with Gasteiger partial charge in [-0.15, -0.1) is 5.10 Å². The van der Waals surface area contributed by atoms with Gasteiger partial charge < -0.3 is 21.1 Å². The fraction of sp³-hybridized carbons (Fsp3) is 0.440. The van der Waals surface area contributed by atoms with E-state index in [0.717, 1.165) is 18.9 Å². The van der Waals surface area contributed by atoms with Crippen LogP contribution in [-0.4, -0.2) is 55.6 Å². The van der Waals surface area contributed by atoms with Crippen LogP contribution in [-0.2, 0) is 12.7 Å². The minimum Gasteiger partial charge on any atom is -0.396 e. The number of nitrogens with one attached hydrogen (secondary N) is 1. The average molecular weight is 517 g/mol. The molecule has 1 saturated carbocycles. The van der Waals surface area contributed by atoms with Gasteiger partial charge in [0.05, 0.1) is 16.8 Å². The number of aliphatic hydroxyl groups excluding tert-OH is 1. The van der Waals surface area contributed by atoms with Crippen molar-refractivity contribution in [3.05, 3.63) is 46.6 Å². The van der Waals surface area contributed by atoms with Crippen LogP contribution >= 0.6 is 0 Å². The molecule has 1 atom stereocenters. The van der Waals surface area contributed by atoms with Crippen molar-refractivity contribution >= 4 is 23.3 Å². The van der Waals surface area contributed by atoms with Gasteiger partial charge in [-0.2, -0.15) is 13.2 Å². The fourth-order valence-corrected chi connectivity index (χ4v) is 4.86. The van der Waals surface area contributed by atoms with E-state index in [1.807, 2.05) is 6.92 Å². The molecular weight excluding hydrogens is 489 g/mol. The third-order valence-electron chi connectivity index (χ3n) is 7.04. The van der Waals surface area contributed by atoms with Crippen molar-refractivity contribution in [2.45, 2.75) is 51.4 Å². The lowest BCUT2D eigenvalue weighted by molar-refractivity contribution is -0.137. The summed E-state index contributed by atoms with van der Waals surface area (Å²) in [5.41, 5.74) is 5.44. The van der Waals surface area contributed by atoms with Gasteiger partial charge in [0.15, 0.2) is 11.5 Å². The number of halogens is 3. The molecule has 1 aliphatic heterocycles. The molecule has 1 aromatic carbocycles. The first-order chi connectivity index (χ1) is 17.6. The van der Waals surface area contributed by atoms with Gasteiger partial charge in [0.2, 0.25) is 0 Å². The van der Waals surface area contributed by atoms with Crippen LogP contribution < -0.4 is 11.1 Å². The largest absolute Gasteiger partial charge is 0.417 e. The minimum absolute atomic E-state index is 0.00316. The second-order valence-corrected chi connectivity index (χ2v) is 9.59. The Kier molecular flexibility index (Phi) is 6.30. The van der Waals surface area contributed by atoms with Crippen molar-refractivity contribution in [2.24, 2.45) is 5.92 Å². The number of anilines is 1. The fourth-order valence-electron chi connectivity index (χ4n) is 4.86. The van der Waals surface area contributed by atoms with E-state index < -0.39 is 23.6 Å². The predicted molar refractivity (Wildman–Crippen MR) is 129 cm³/mol. The van der Waals surface area contributed by atoms with E-state index >= 15 is 0 Å². The molecule has 12 heteroatoms. The Bertz CT molecular complexity index is 1380. The van der Waals surface area contributed by atoms with E-state index in [0.29, 0.717) is 30.9 Å². The van der Waals surface area contributed by atoms with Crippen LogP contribution in [0.15, 0.2) is 24.4 Å². The number of amides is 2. The number of nitrogens with two attached hydrogens (primary N) is 1. The van der Waals surface area contributed by atoms with Crippen LogP contribution in [0.4, 0.5) is 19.0 Å². The number of aliphatic hydroxyl groups is 1. The maximum absolute atomic E-state index is 14.1. The minimum atomic E-state index is -4.74. The third kappa shape index (κ3) is 4.61. The number of hydrogen-bond acceptors (Lipinski definition) is 6. The van der Waals surface area contributed by atoms with Crippen molar-refractivity contribution in [1.82, 2.24) is 24.8 Å². The number of unbranched alkanes of at least 4 members (excludes halogenated alkanes) is 1. The molecular formula is C25H27F3N6O3. The molecule has 5 rings (SSSR count). The van der Waals surface area contributed by atoms with Gasteiger partial charge in [-0.05, 0) is 62.3 Å². The Hall–Kier alpha value is -3.67. The Morgan fingerprint density at radius 3 is 2.73 bits per heavy atom. The van der Waals surface area contributed by atoms with Crippen LogP contribution in [0, 0.1) is 5.92 Å². The summed E-state index contributed by atoms with van der Waals surface area (Å²) in [5, 5.41) is 15.7. The maximum Gasteiger partial charge on any atom is 0.417 e. The number of rotatable bonds is 8. The van der Waals surface area contributed by atoms with Gasteiger partial charge in [-0.1, -0.05) is 0 Å². The molecule has 0 saturated heterocycles. The first kappa shape index (κ1) is 25.0. The summed E-state index contributed by atoms with van der Waals surface area (Å²) in [4.78, 5) is 31.8. The summed E-state index contributed by atoms with van der Waals surface area (Å²) in [6, 6.07) is 3.86. The summed E-state index contributed by atoms with van der Waals surface area (Å²) >= 11 is 0. The van der Waals surface area contributed by atoms with E-state index in [1.54, 1.807) is 6.07 Å². The zero-order valence-corrected chi connectivity index (χ0v) is 20.2. The molecule has 9 nitrogen and oxygen atoms in total. The van der Waals surface area contributed by atoms with Gasteiger partial charge in [0.25, 0.3) is 11.8 Å². The van der Waals surface area contributed by atoms with Crippen LogP contribution in [0.2, 0.25) is 0 Å². The van der Waals surface area contributed by atoms with E-state index in [2.05, 4.69) is 15.4 Å². The molecule has 3 heterocycles. The van der Waals surface area contributed by atoms with Gasteiger partial charge in [-0.3, -0.25) is 9.59 Å². The number of alkyl halides is 3. The monoisotopic (exact) mass is 516 g/mol. The Morgan fingerprint density at radius 1 is 1.30 bits per heavy atom. The third-order valence-corrected chi connectivity index (χ3v) is 7.04. The first-order valence-electron chi connectivity index (χ1n) is 12.2. The number of hydrogen-bond donors (Lipinski definition) is 3. The standard InChI is InChI=1S/C25H27F3N6O3/c1-13(14-4-5-14)33-12-16-10-15(11-17(25(26,27)28)19(16)24(33)37)18-6-8-34-22(31-18)20(21(29)32-34)23(36)30-7-2-3-9-35/h6,8,10-11,13-14,35H,2-5,7,9,12H2,1H3,(H2,29,32)(H,30,36)/t13-/m0/s1. The number of carbonyl (C=O) groups is 2. The molecule has 37 heavy (non-hydrogen) atoms. The van der Waals surface area contributed by atoms with Gasteiger partial charge >= 0.3 is 6.18 Å². The highest BCUT2D eigenvalue weighted by Crippen LogP contribution is 2.43. The molecule has 1 fully saturated rings. The highest BCUT2D eigenvalue weighted by molar-refractivity contribution is 6.04. The SMILES string of the molecule is C[C@@H](C1CC1)N1Cc2cc(-c3ccn4nc(N)c(C(=O)NCCCCO)c4n3)cc(C(F)(F)F)c2C1=O. The van der Waals surface area contributed by atoms with Crippen LogP contribution in [0.3, 0.4) is 0 Å². The summed E-state index contributed by atoms with van der Waals surface area (Å²) in [7, 11) is 0. The second kappa shape index (κ2) is 9.33. The molecule has 0 radical (unpaired) electrons. The van der Waals surface area contributed by atoms with Crippen molar-refractivity contribution in [2.75, 3.05) is 18.9 Å². The zero-order valence-electron chi connectivity index (χ0n) is 20.2. The normalized spacial score (nSPS) is 16.4. The summed E-state index contributed by atoms with van der Waals surface area (Å²) < 4.78 is 43.7. The van der Waals surface area contributed by atoms with Crippen molar-refractivity contribution in [3.8, 4) is 11.3 Å². The Labute approximate surface area is 210 Å². The number of nitrogen functional groups attached to an aromatic ring is 1. The van der Waals surface area contributed by atoms with Crippen molar-refractivity contribution in [1.29, 1.82) is 0 Å². The molecule has 0 spiro atoms. The molecule has 196 valence electrons. The number of aromatic nitrogens is 3. The van der Waals surface area contributed by atoms with E-state index in [9.17, 15) is 22.8 Å². The number of nitrogens with zero attached hydrogens (tertiary/aromatic N) is 4. The van der Waals surface area contributed by atoms with Gasteiger partial charge in [0.1, 0.15) is 5.56 Å². The number of fused-ring (bicyclic) bond motifs is 2. The van der Waals surface area contributed by atoms with E-state index in [4.69, 9.17) is 10.8 Å². The Balaban J connectivity index is 1.54. The van der Waals surface area contributed by atoms with Gasteiger partial charge in [-0.25, -0.2) is 9.50 Å². The lowest BCUT2D eigenvalue weighted by atomic mass is 9.97. The molecule has 2 aliphatic rings. The predicted octanol–water partition coefficient (Wildman–Crippen LogP) is 3.25. The van der Waals surface area contributed by atoms with Crippen LogP contribution in [0.1, 0.15) is 64.4 Å².